The van der Waals surface area contributed by atoms with Crippen molar-refractivity contribution in [3.63, 3.8) is 0 Å². The Balaban J connectivity index is 1.47. The van der Waals surface area contributed by atoms with Crippen LogP contribution in [-0.4, -0.2) is 48.8 Å². The van der Waals surface area contributed by atoms with E-state index in [1.54, 1.807) is 12.1 Å². The minimum absolute atomic E-state index is 0.0852. The van der Waals surface area contributed by atoms with Gasteiger partial charge in [-0.3, -0.25) is 9.69 Å². The van der Waals surface area contributed by atoms with Gasteiger partial charge in [-0.15, -0.1) is 0 Å². The van der Waals surface area contributed by atoms with Crippen LogP contribution < -0.4 is 5.32 Å². The standard InChI is InChI=1S/C21H25ClN2O3/c22-18-5-1-16(2-6-18)15-21(26)23-19-7-3-17(4-8-19)20(25)9-10-24-11-13-27-14-12-24/h1-8,20,25H,9-15H2,(H,23,26). The number of amides is 1. The molecule has 1 unspecified atom stereocenters. The number of ether oxygens (including phenoxy) is 1. The van der Waals surface area contributed by atoms with Crippen molar-refractivity contribution < 1.29 is 14.6 Å². The minimum Gasteiger partial charge on any atom is -0.388 e. The second-order valence-corrected chi connectivity index (χ2v) is 7.17. The molecule has 1 atom stereocenters. The Morgan fingerprint density at radius 1 is 1.11 bits per heavy atom. The van der Waals surface area contributed by atoms with Crippen LogP contribution in [-0.2, 0) is 16.0 Å². The van der Waals surface area contributed by atoms with Crippen molar-refractivity contribution >= 4 is 23.2 Å². The zero-order valence-corrected chi connectivity index (χ0v) is 16.0. The highest BCUT2D eigenvalue weighted by molar-refractivity contribution is 6.30. The highest BCUT2D eigenvalue weighted by Crippen LogP contribution is 2.20. The van der Waals surface area contributed by atoms with Gasteiger partial charge < -0.3 is 15.2 Å². The molecule has 6 heteroatoms. The molecule has 5 nitrogen and oxygen atoms in total. The van der Waals surface area contributed by atoms with Gasteiger partial charge in [0.25, 0.3) is 0 Å². The normalized spacial score (nSPS) is 16.1. The molecule has 0 spiro atoms. The minimum atomic E-state index is -0.508. The van der Waals surface area contributed by atoms with Gasteiger partial charge in [-0.05, 0) is 41.8 Å². The van der Waals surface area contributed by atoms with Gasteiger partial charge in [0.1, 0.15) is 0 Å². The van der Waals surface area contributed by atoms with E-state index in [0.29, 0.717) is 17.9 Å². The second kappa shape index (κ2) is 9.85. The largest absolute Gasteiger partial charge is 0.388 e. The highest BCUT2D eigenvalue weighted by atomic mass is 35.5. The molecule has 0 aliphatic carbocycles. The summed E-state index contributed by atoms with van der Waals surface area (Å²) in [6, 6.07) is 14.6. The summed E-state index contributed by atoms with van der Waals surface area (Å²) in [4.78, 5) is 14.5. The average Bonchev–Trinajstić information content (AvgIpc) is 2.69. The van der Waals surface area contributed by atoms with Gasteiger partial charge >= 0.3 is 0 Å². The molecule has 2 aromatic rings. The van der Waals surface area contributed by atoms with Crippen molar-refractivity contribution in [2.75, 3.05) is 38.2 Å². The smallest absolute Gasteiger partial charge is 0.228 e. The van der Waals surface area contributed by atoms with Crippen LogP contribution in [0.4, 0.5) is 5.69 Å². The van der Waals surface area contributed by atoms with Gasteiger partial charge in [-0.2, -0.15) is 0 Å². The lowest BCUT2D eigenvalue weighted by molar-refractivity contribution is -0.115. The van der Waals surface area contributed by atoms with Crippen LogP contribution >= 0.6 is 11.6 Å². The number of aliphatic hydroxyl groups excluding tert-OH is 1. The fourth-order valence-electron chi connectivity index (χ4n) is 3.08. The van der Waals surface area contributed by atoms with Gasteiger partial charge in [-0.1, -0.05) is 35.9 Å². The van der Waals surface area contributed by atoms with Crippen molar-refractivity contribution in [3.8, 4) is 0 Å². The molecule has 1 aliphatic heterocycles. The van der Waals surface area contributed by atoms with Crippen molar-refractivity contribution in [1.82, 2.24) is 4.90 Å². The molecular weight excluding hydrogens is 364 g/mol. The number of hydrogen-bond acceptors (Lipinski definition) is 4. The fraction of sp³-hybridized carbons (Fsp3) is 0.381. The first-order chi connectivity index (χ1) is 13.1. The lowest BCUT2D eigenvalue weighted by Crippen LogP contribution is -2.37. The second-order valence-electron chi connectivity index (χ2n) is 6.73. The predicted molar refractivity (Wildman–Crippen MR) is 107 cm³/mol. The van der Waals surface area contributed by atoms with Crippen LogP contribution in [0.25, 0.3) is 0 Å². The third-order valence-electron chi connectivity index (χ3n) is 4.68. The molecule has 0 saturated carbocycles. The zero-order valence-electron chi connectivity index (χ0n) is 15.2. The SMILES string of the molecule is O=C(Cc1ccc(Cl)cc1)Nc1ccc(C(O)CCN2CCOCC2)cc1. The van der Waals surface area contributed by atoms with Crippen molar-refractivity contribution in [1.29, 1.82) is 0 Å². The zero-order chi connectivity index (χ0) is 19.1. The molecular formula is C21H25ClN2O3. The molecule has 144 valence electrons. The summed E-state index contributed by atoms with van der Waals surface area (Å²) < 4.78 is 5.33. The van der Waals surface area contributed by atoms with Crippen LogP contribution in [0.15, 0.2) is 48.5 Å². The van der Waals surface area contributed by atoms with E-state index in [1.807, 2.05) is 36.4 Å². The number of anilines is 1. The quantitative estimate of drug-likeness (QED) is 0.764. The number of morpholine rings is 1. The lowest BCUT2D eigenvalue weighted by Gasteiger charge is -2.27. The van der Waals surface area contributed by atoms with Crippen LogP contribution in [0.1, 0.15) is 23.7 Å². The molecule has 0 bridgehead atoms. The fourth-order valence-corrected chi connectivity index (χ4v) is 3.20. The lowest BCUT2D eigenvalue weighted by atomic mass is 10.1. The molecule has 1 amide bonds. The summed E-state index contributed by atoms with van der Waals surface area (Å²) in [5.74, 6) is -0.0852. The number of carbonyl (C=O) groups excluding carboxylic acids is 1. The maximum absolute atomic E-state index is 12.2. The summed E-state index contributed by atoms with van der Waals surface area (Å²) in [6.45, 7) is 4.22. The summed E-state index contributed by atoms with van der Waals surface area (Å²) in [5, 5.41) is 13.9. The number of hydrogen-bond donors (Lipinski definition) is 2. The number of benzene rings is 2. The molecule has 2 aromatic carbocycles. The van der Waals surface area contributed by atoms with E-state index in [0.717, 1.165) is 49.7 Å². The molecule has 0 radical (unpaired) electrons. The first-order valence-corrected chi connectivity index (χ1v) is 9.60. The van der Waals surface area contributed by atoms with Crippen LogP contribution in [0.2, 0.25) is 5.02 Å². The summed E-state index contributed by atoms with van der Waals surface area (Å²) in [5.41, 5.74) is 2.49. The maximum atomic E-state index is 12.2. The van der Waals surface area contributed by atoms with Crippen molar-refractivity contribution in [3.05, 3.63) is 64.7 Å². The maximum Gasteiger partial charge on any atom is 0.228 e. The number of nitrogens with zero attached hydrogens (tertiary/aromatic N) is 1. The summed E-state index contributed by atoms with van der Waals surface area (Å²) >= 11 is 5.86. The molecule has 2 N–H and O–H groups in total. The molecule has 1 saturated heterocycles. The van der Waals surface area contributed by atoms with Gasteiger partial charge in [-0.25, -0.2) is 0 Å². The van der Waals surface area contributed by atoms with Gasteiger partial charge in [0.2, 0.25) is 5.91 Å². The summed E-state index contributed by atoms with van der Waals surface area (Å²) in [7, 11) is 0. The number of halogens is 1. The van der Waals surface area contributed by atoms with Gasteiger partial charge in [0, 0.05) is 30.3 Å². The number of aliphatic hydroxyl groups is 1. The van der Waals surface area contributed by atoms with Gasteiger partial charge in [0.15, 0.2) is 0 Å². The van der Waals surface area contributed by atoms with E-state index in [4.69, 9.17) is 16.3 Å². The van der Waals surface area contributed by atoms with E-state index in [-0.39, 0.29) is 5.91 Å². The summed E-state index contributed by atoms with van der Waals surface area (Å²) in [6.07, 6.45) is 0.468. The first kappa shape index (κ1) is 19.8. The number of nitrogens with one attached hydrogen (secondary N) is 1. The van der Waals surface area contributed by atoms with Crippen molar-refractivity contribution in [2.45, 2.75) is 18.9 Å². The molecule has 1 fully saturated rings. The van der Waals surface area contributed by atoms with Crippen LogP contribution in [0.3, 0.4) is 0 Å². The molecule has 27 heavy (non-hydrogen) atoms. The predicted octanol–water partition coefficient (Wildman–Crippen LogP) is 3.28. The molecule has 1 heterocycles. The monoisotopic (exact) mass is 388 g/mol. The third-order valence-corrected chi connectivity index (χ3v) is 4.93. The van der Waals surface area contributed by atoms with E-state index >= 15 is 0 Å². The Bertz CT molecular complexity index is 728. The Hall–Kier alpha value is -1.92. The highest BCUT2D eigenvalue weighted by Gasteiger charge is 2.14. The first-order valence-electron chi connectivity index (χ1n) is 9.22. The Labute approximate surface area is 164 Å². The van der Waals surface area contributed by atoms with Crippen molar-refractivity contribution in [2.24, 2.45) is 0 Å². The molecule has 1 aliphatic rings. The van der Waals surface area contributed by atoms with E-state index in [9.17, 15) is 9.90 Å². The van der Waals surface area contributed by atoms with E-state index in [2.05, 4.69) is 10.2 Å². The number of rotatable bonds is 7. The van der Waals surface area contributed by atoms with E-state index < -0.39 is 6.10 Å². The average molecular weight is 389 g/mol. The van der Waals surface area contributed by atoms with Gasteiger partial charge in [0.05, 0.1) is 25.7 Å². The topological polar surface area (TPSA) is 61.8 Å². The molecule has 3 rings (SSSR count). The number of carbonyl (C=O) groups is 1. The Morgan fingerprint density at radius 2 is 1.78 bits per heavy atom. The Kier molecular flexibility index (Phi) is 7.24. The van der Waals surface area contributed by atoms with Crippen LogP contribution in [0.5, 0.6) is 0 Å². The third kappa shape index (κ3) is 6.33. The Morgan fingerprint density at radius 3 is 2.44 bits per heavy atom. The van der Waals surface area contributed by atoms with Crippen LogP contribution in [0, 0.1) is 0 Å². The molecule has 0 aromatic heterocycles. The van der Waals surface area contributed by atoms with E-state index in [1.165, 1.54) is 0 Å².